The number of esters is 3. The molecular formula is C64H124O6. The van der Waals surface area contributed by atoms with E-state index < -0.39 is 6.10 Å². The van der Waals surface area contributed by atoms with Crippen molar-refractivity contribution in [3.8, 4) is 0 Å². The summed E-state index contributed by atoms with van der Waals surface area (Å²) in [6.07, 6.45) is 59.6. The molecule has 0 aromatic rings. The van der Waals surface area contributed by atoms with Crippen molar-refractivity contribution >= 4 is 17.9 Å². The van der Waals surface area contributed by atoms with Gasteiger partial charge in [-0.3, -0.25) is 14.4 Å². The number of rotatable bonds is 57. The minimum absolute atomic E-state index is 0.0628. The van der Waals surface area contributed by atoms with Crippen molar-refractivity contribution in [3.05, 3.63) is 0 Å². The van der Waals surface area contributed by atoms with E-state index in [-0.39, 0.29) is 31.1 Å². The third kappa shape index (κ3) is 55.7. The van der Waals surface area contributed by atoms with Crippen LogP contribution in [0.3, 0.4) is 0 Å². The van der Waals surface area contributed by atoms with Crippen LogP contribution in [0.2, 0.25) is 0 Å². The van der Waals surface area contributed by atoms with Gasteiger partial charge in [-0.1, -0.05) is 318 Å². The number of ether oxygens (including phenoxy) is 3. The van der Waals surface area contributed by atoms with Crippen molar-refractivity contribution < 1.29 is 28.6 Å². The number of hydrogen-bond acceptors (Lipinski definition) is 6. The molecule has 6 heteroatoms. The first-order chi connectivity index (χ1) is 34.1. The molecule has 2 atom stereocenters. The van der Waals surface area contributed by atoms with Gasteiger partial charge in [-0.25, -0.2) is 0 Å². The largest absolute Gasteiger partial charge is 0.462 e. The number of carbonyl (C=O) groups excluding carboxylic acids is 3. The summed E-state index contributed by atoms with van der Waals surface area (Å²) in [6, 6.07) is 0. The van der Waals surface area contributed by atoms with Gasteiger partial charge in [0.1, 0.15) is 13.2 Å². The molecule has 0 spiro atoms. The van der Waals surface area contributed by atoms with Gasteiger partial charge in [0.2, 0.25) is 0 Å². The van der Waals surface area contributed by atoms with Crippen LogP contribution in [-0.2, 0) is 28.6 Å². The van der Waals surface area contributed by atoms with Gasteiger partial charge in [0.15, 0.2) is 6.10 Å². The van der Waals surface area contributed by atoms with Crippen LogP contribution in [0.1, 0.15) is 356 Å². The highest BCUT2D eigenvalue weighted by molar-refractivity contribution is 5.71. The molecule has 1 unspecified atom stereocenters. The number of hydrogen-bond donors (Lipinski definition) is 0. The average Bonchev–Trinajstić information content (AvgIpc) is 3.33. The monoisotopic (exact) mass is 989 g/mol. The van der Waals surface area contributed by atoms with E-state index in [0.29, 0.717) is 19.3 Å². The Labute approximate surface area is 438 Å². The molecule has 416 valence electrons. The summed E-state index contributed by atoms with van der Waals surface area (Å²) >= 11 is 0. The van der Waals surface area contributed by atoms with Gasteiger partial charge >= 0.3 is 17.9 Å². The van der Waals surface area contributed by atoms with Crippen LogP contribution < -0.4 is 0 Å². The molecule has 0 fully saturated rings. The Bertz CT molecular complexity index is 1090. The van der Waals surface area contributed by atoms with Crippen molar-refractivity contribution in [1.82, 2.24) is 0 Å². The first kappa shape index (κ1) is 68.4. The first-order valence-corrected chi connectivity index (χ1v) is 31.6. The summed E-state index contributed by atoms with van der Waals surface area (Å²) in [7, 11) is 0. The van der Waals surface area contributed by atoms with Crippen molar-refractivity contribution in [2.75, 3.05) is 13.2 Å². The van der Waals surface area contributed by atoms with Crippen LogP contribution in [0, 0.1) is 17.8 Å². The van der Waals surface area contributed by atoms with E-state index >= 15 is 0 Å². The van der Waals surface area contributed by atoms with Gasteiger partial charge in [0, 0.05) is 19.3 Å². The quantitative estimate of drug-likeness (QED) is 0.0343. The van der Waals surface area contributed by atoms with E-state index in [1.165, 1.54) is 238 Å². The second kappa shape index (κ2) is 55.2. The summed E-state index contributed by atoms with van der Waals surface area (Å²) in [6.45, 7) is 13.8. The average molecular weight is 990 g/mol. The summed E-state index contributed by atoms with van der Waals surface area (Å²) in [5.41, 5.74) is 0. The molecule has 0 saturated carbocycles. The fourth-order valence-corrected chi connectivity index (χ4v) is 9.85. The summed E-state index contributed by atoms with van der Waals surface area (Å²) in [5.74, 6) is 1.74. The van der Waals surface area contributed by atoms with Crippen LogP contribution in [0.25, 0.3) is 0 Å². The van der Waals surface area contributed by atoms with E-state index in [1.54, 1.807) is 0 Å². The summed E-state index contributed by atoms with van der Waals surface area (Å²) in [4.78, 5) is 38.3. The van der Waals surface area contributed by atoms with Crippen LogP contribution >= 0.6 is 0 Å². The molecule has 0 bridgehead atoms. The predicted octanol–water partition coefficient (Wildman–Crippen LogP) is 21.1. The topological polar surface area (TPSA) is 78.9 Å². The highest BCUT2D eigenvalue weighted by Gasteiger charge is 2.19. The standard InChI is InChI=1S/C64H124O6/c1-7-60(6)52-46-40-34-28-22-16-12-10-8-9-11-13-17-23-29-35-41-47-53-62(65)68-56-61(57-69-63(66)54-48-42-36-30-25-19-21-27-33-39-45-51-59(4)5)70-64(67)55-49-43-37-31-24-18-14-15-20-26-32-38-44-50-58(2)3/h58-61H,7-57H2,1-6H3/t60?,61-/m0/s1. The molecule has 0 N–H and O–H groups in total. The Morgan fingerprint density at radius 1 is 0.286 bits per heavy atom. The minimum Gasteiger partial charge on any atom is -0.462 e. The second-order valence-electron chi connectivity index (χ2n) is 23.2. The Kier molecular flexibility index (Phi) is 53.9. The van der Waals surface area contributed by atoms with E-state index in [9.17, 15) is 14.4 Å². The van der Waals surface area contributed by atoms with Gasteiger partial charge in [-0.05, 0) is 37.0 Å². The lowest BCUT2D eigenvalue weighted by Gasteiger charge is -2.18. The SMILES string of the molecule is CCC(C)CCCCCCCCCCCCCCCCCCCCC(=O)OC[C@@H](COC(=O)CCCCCCCCCCCCCC(C)C)OC(=O)CCCCCCCCCCCCCCCC(C)C. The lowest BCUT2D eigenvalue weighted by atomic mass is 9.99. The highest BCUT2D eigenvalue weighted by Crippen LogP contribution is 2.19. The van der Waals surface area contributed by atoms with Crippen LogP contribution in [0.5, 0.6) is 0 Å². The lowest BCUT2D eigenvalue weighted by molar-refractivity contribution is -0.167. The molecule has 0 aromatic heterocycles. The highest BCUT2D eigenvalue weighted by atomic mass is 16.6. The number of carbonyl (C=O) groups is 3. The summed E-state index contributed by atoms with van der Waals surface area (Å²) < 4.78 is 16.9. The molecule has 0 amide bonds. The maximum atomic E-state index is 12.9. The molecule has 0 radical (unpaired) electrons. The fourth-order valence-electron chi connectivity index (χ4n) is 9.85. The molecular weight excluding hydrogens is 865 g/mol. The van der Waals surface area contributed by atoms with E-state index in [2.05, 4.69) is 41.5 Å². The van der Waals surface area contributed by atoms with Crippen LogP contribution in [0.15, 0.2) is 0 Å². The molecule has 0 rings (SSSR count). The van der Waals surface area contributed by atoms with Crippen molar-refractivity contribution in [3.63, 3.8) is 0 Å². The Morgan fingerprint density at radius 2 is 0.500 bits per heavy atom. The van der Waals surface area contributed by atoms with Crippen molar-refractivity contribution in [2.45, 2.75) is 362 Å². The Hall–Kier alpha value is -1.59. The Balaban J connectivity index is 4.25. The molecule has 0 aliphatic rings. The van der Waals surface area contributed by atoms with Crippen molar-refractivity contribution in [2.24, 2.45) is 17.8 Å². The van der Waals surface area contributed by atoms with E-state index in [0.717, 1.165) is 75.5 Å². The molecule has 0 aromatic carbocycles. The van der Waals surface area contributed by atoms with E-state index in [4.69, 9.17) is 14.2 Å². The normalized spacial score (nSPS) is 12.5. The smallest absolute Gasteiger partial charge is 0.306 e. The van der Waals surface area contributed by atoms with Gasteiger partial charge in [-0.15, -0.1) is 0 Å². The van der Waals surface area contributed by atoms with Gasteiger partial charge in [0.05, 0.1) is 0 Å². The maximum absolute atomic E-state index is 12.9. The Morgan fingerprint density at radius 3 is 0.743 bits per heavy atom. The predicted molar refractivity (Wildman–Crippen MR) is 303 cm³/mol. The molecule has 0 aliphatic heterocycles. The zero-order valence-corrected chi connectivity index (χ0v) is 48.3. The van der Waals surface area contributed by atoms with Gasteiger partial charge in [-0.2, -0.15) is 0 Å². The zero-order chi connectivity index (χ0) is 51.2. The zero-order valence-electron chi connectivity index (χ0n) is 48.3. The molecule has 0 aliphatic carbocycles. The molecule has 70 heavy (non-hydrogen) atoms. The third-order valence-electron chi connectivity index (χ3n) is 15.0. The van der Waals surface area contributed by atoms with E-state index in [1.807, 2.05) is 0 Å². The second-order valence-corrected chi connectivity index (χ2v) is 23.2. The van der Waals surface area contributed by atoms with Gasteiger partial charge in [0.25, 0.3) is 0 Å². The third-order valence-corrected chi connectivity index (χ3v) is 15.0. The maximum Gasteiger partial charge on any atom is 0.306 e. The lowest BCUT2D eigenvalue weighted by Crippen LogP contribution is -2.30. The first-order valence-electron chi connectivity index (χ1n) is 31.6. The van der Waals surface area contributed by atoms with Crippen LogP contribution in [0.4, 0.5) is 0 Å². The minimum atomic E-state index is -0.764. The van der Waals surface area contributed by atoms with Gasteiger partial charge < -0.3 is 14.2 Å². The summed E-state index contributed by atoms with van der Waals surface area (Å²) in [5, 5.41) is 0. The number of unbranched alkanes of at least 4 members (excludes halogenated alkanes) is 39. The molecule has 6 nitrogen and oxygen atoms in total. The molecule has 0 saturated heterocycles. The molecule has 0 heterocycles. The van der Waals surface area contributed by atoms with Crippen LogP contribution in [-0.4, -0.2) is 37.2 Å². The van der Waals surface area contributed by atoms with Crippen molar-refractivity contribution in [1.29, 1.82) is 0 Å². The fraction of sp³-hybridized carbons (Fsp3) is 0.953.